The number of nitrogens with one attached hydrogen (secondary N) is 2. The largest absolute Gasteiger partial charge is 0.355 e. The number of amides is 2. The van der Waals surface area contributed by atoms with Crippen LogP contribution < -0.4 is 10.6 Å². The van der Waals surface area contributed by atoms with Crippen molar-refractivity contribution in [2.24, 2.45) is 0 Å². The molecule has 1 rings (SSSR count). The Hall–Kier alpha value is -1.20. The molecule has 0 fully saturated rings. The fraction of sp³-hybridized carbons (Fsp3) is 0.429. The molecule has 0 aromatic heterocycles. The molecule has 0 aliphatic carbocycles. The van der Waals surface area contributed by atoms with Gasteiger partial charge in [-0.15, -0.1) is 11.8 Å². The first-order valence-electron chi connectivity index (χ1n) is 6.47. The summed E-state index contributed by atoms with van der Waals surface area (Å²) in [7, 11) is 0. The number of hydrogen-bond donors (Lipinski definition) is 2. The zero-order valence-electron chi connectivity index (χ0n) is 11.4. The number of benzene rings is 1. The minimum atomic E-state index is -0.150. The molecule has 0 radical (unpaired) electrons. The van der Waals surface area contributed by atoms with E-state index in [0.717, 1.165) is 17.7 Å². The average molecular weight is 315 g/mol. The second kappa shape index (κ2) is 9.66. The molecule has 6 heteroatoms. The second-order valence-corrected chi connectivity index (χ2v) is 5.67. The Morgan fingerprint density at radius 2 is 1.85 bits per heavy atom. The molecule has 20 heavy (non-hydrogen) atoms. The highest BCUT2D eigenvalue weighted by molar-refractivity contribution is 7.99. The van der Waals surface area contributed by atoms with Crippen molar-refractivity contribution in [2.45, 2.75) is 19.1 Å². The molecule has 0 heterocycles. The van der Waals surface area contributed by atoms with Crippen LogP contribution in [0.5, 0.6) is 0 Å². The monoisotopic (exact) mass is 314 g/mol. The van der Waals surface area contributed by atoms with Crippen LogP contribution in [-0.2, 0) is 15.3 Å². The molecule has 1 aromatic rings. The SMILES string of the molecule is CCCNC(=O)CNC(=O)CSCc1ccc(Cl)cc1. The minimum Gasteiger partial charge on any atom is -0.355 e. The lowest BCUT2D eigenvalue weighted by Gasteiger charge is -2.06. The highest BCUT2D eigenvalue weighted by atomic mass is 35.5. The van der Waals surface area contributed by atoms with E-state index in [1.165, 1.54) is 11.8 Å². The molecule has 0 bridgehead atoms. The van der Waals surface area contributed by atoms with Gasteiger partial charge < -0.3 is 10.6 Å². The minimum absolute atomic E-state index is 0.0420. The van der Waals surface area contributed by atoms with Gasteiger partial charge in [0, 0.05) is 17.3 Å². The van der Waals surface area contributed by atoms with Crippen molar-refractivity contribution in [3.05, 3.63) is 34.9 Å². The summed E-state index contributed by atoms with van der Waals surface area (Å²) in [5.74, 6) is 0.801. The smallest absolute Gasteiger partial charge is 0.239 e. The fourth-order valence-electron chi connectivity index (χ4n) is 1.40. The maximum absolute atomic E-state index is 11.5. The van der Waals surface area contributed by atoms with Crippen LogP contribution in [0.15, 0.2) is 24.3 Å². The van der Waals surface area contributed by atoms with Gasteiger partial charge in [0.1, 0.15) is 0 Å². The highest BCUT2D eigenvalue weighted by Crippen LogP contribution is 2.15. The van der Waals surface area contributed by atoms with Gasteiger partial charge in [0.2, 0.25) is 11.8 Å². The van der Waals surface area contributed by atoms with Crippen LogP contribution in [-0.4, -0.2) is 30.7 Å². The molecule has 4 nitrogen and oxygen atoms in total. The predicted molar refractivity (Wildman–Crippen MR) is 83.9 cm³/mol. The first-order valence-corrected chi connectivity index (χ1v) is 8.00. The molecule has 0 aliphatic heterocycles. The fourth-order valence-corrected chi connectivity index (χ4v) is 2.34. The van der Waals surface area contributed by atoms with Gasteiger partial charge in [-0.25, -0.2) is 0 Å². The molecule has 0 aliphatic rings. The van der Waals surface area contributed by atoms with Crippen molar-refractivity contribution in [2.75, 3.05) is 18.8 Å². The van der Waals surface area contributed by atoms with Gasteiger partial charge in [-0.3, -0.25) is 9.59 Å². The van der Waals surface area contributed by atoms with E-state index in [-0.39, 0.29) is 18.4 Å². The van der Waals surface area contributed by atoms with Crippen molar-refractivity contribution >= 4 is 35.2 Å². The lowest BCUT2D eigenvalue weighted by Crippen LogP contribution is -2.37. The maximum Gasteiger partial charge on any atom is 0.239 e. The normalized spacial score (nSPS) is 10.1. The third-order valence-electron chi connectivity index (χ3n) is 2.43. The Morgan fingerprint density at radius 1 is 1.15 bits per heavy atom. The summed E-state index contributed by atoms with van der Waals surface area (Å²) >= 11 is 7.30. The number of carbonyl (C=O) groups excluding carboxylic acids is 2. The van der Waals surface area contributed by atoms with Crippen LogP contribution in [0.25, 0.3) is 0 Å². The molecule has 1 aromatic carbocycles. The maximum atomic E-state index is 11.5. The van der Waals surface area contributed by atoms with Crippen LogP contribution >= 0.6 is 23.4 Å². The lowest BCUT2D eigenvalue weighted by molar-refractivity contribution is -0.124. The van der Waals surface area contributed by atoms with Crippen LogP contribution in [0.1, 0.15) is 18.9 Å². The van der Waals surface area contributed by atoms with E-state index < -0.39 is 0 Å². The molecule has 0 atom stereocenters. The molecule has 0 saturated carbocycles. The molecular formula is C14H19ClN2O2S. The third kappa shape index (κ3) is 7.40. The summed E-state index contributed by atoms with van der Waals surface area (Å²) in [6, 6.07) is 7.53. The van der Waals surface area contributed by atoms with E-state index in [2.05, 4.69) is 10.6 Å². The predicted octanol–water partition coefficient (Wildman–Crippen LogP) is 2.22. The summed E-state index contributed by atoms with van der Waals surface area (Å²) in [6.45, 7) is 2.66. The molecular weight excluding hydrogens is 296 g/mol. The van der Waals surface area contributed by atoms with Crippen LogP contribution in [0.4, 0.5) is 0 Å². The number of hydrogen-bond acceptors (Lipinski definition) is 3. The lowest BCUT2D eigenvalue weighted by atomic mass is 10.2. The quantitative estimate of drug-likeness (QED) is 0.773. The van der Waals surface area contributed by atoms with Crippen molar-refractivity contribution in [3.63, 3.8) is 0 Å². The van der Waals surface area contributed by atoms with Gasteiger partial charge >= 0.3 is 0 Å². The average Bonchev–Trinajstić information content (AvgIpc) is 2.45. The Kier molecular flexibility index (Phi) is 8.14. The van der Waals surface area contributed by atoms with Gasteiger partial charge in [0.25, 0.3) is 0 Å². The Labute approximate surface area is 128 Å². The van der Waals surface area contributed by atoms with Gasteiger partial charge in [-0.05, 0) is 24.1 Å². The number of thioether (sulfide) groups is 1. The van der Waals surface area contributed by atoms with Crippen molar-refractivity contribution in [1.29, 1.82) is 0 Å². The Bertz CT molecular complexity index is 437. The molecule has 110 valence electrons. The van der Waals surface area contributed by atoms with Crippen molar-refractivity contribution < 1.29 is 9.59 Å². The zero-order valence-corrected chi connectivity index (χ0v) is 13.0. The first-order chi connectivity index (χ1) is 9.61. The second-order valence-electron chi connectivity index (χ2n) is 4.25. The number of carbonyl (C=O) groups is 2. The summed E-state index contributed by atoms with van der Waals surface area (Å²) in [5.41, 5.74) is 1.12. The van der Waals surface area contributed by atoms with Gasteiger partial charge in [0.05, 0.1) is 12.3 Å². The summed E-state index contributed by atoms with van der Waals surface area (Å²) < 4.78 is 0. The van der Waals surface area contributed by atoms with Crippen molar-refractivity contribution in [1.82, 2.24) is 10.6 Å². The van der Waals surface area contributed by atoms with E-state index in [1.54, 1.807) is 0 Å². The van der Waals surface area contributed by atoms with E-state index >= 15 is 0 Å². The standard InChI is InChI=1S/C14H19ClN2O2S/c1-2-7-16-13(18)8-17-14(19)10-20-9-11-3-5-12(15)6-4-11/h3-6H,2,7-10H2,1H3,(H,16,18)(H,17,19). The zero-order chi connectivity index (χ0) is 14.8. The van der Waals surface area contributed by atoms with Crippen molar-refractivity contribution in [3.8, 4) is 0 Å². The summed E-state index contributed by atoms with van der Waals surface area (Å²) in [4.78, 5) is 22.8. The van der Waals surface area contributed by atoms with E-state index in [0.29, 0.717) is 17.3 Å². The molecule has 0 spiro atoms. The van der Waals surface area contributed by atoms with Crippen LogP contribution in [0.2, 0.25) is 5.02 Å². The first kappa shape index (κ1) is 16.9. The van der Waals surface area contributed by atoms with Gasteiger partial charge in [-0.1, -0.05) is 30.7 Å². The Morgan fingerprint density at radius 3 is 2.50 bits per heavy atom. The summed E-state index contributed by atoms with van der Waals surface area (Å²) in [6.07, 6.45) is 0.886. The number of halogens is 1. The van der Waals surface area contributed by atoms with Crippen LogP contribution in [0.3, 0.4) is 0 Å². The Balaban J connectivity index is 2.14. The number of rotatable bonds is 8. The summed E-state index contributed by atoms with van der Waals surface area (Å²) in [5, 5.41) is 6.00. The molecule has 0 unspecified atom stereocenters. The molecule has 2 amide bonds. The third-order valence-corrected chi connectivity index (χ3v) is 3.69. The molecule has 0 saturated heterocycles. The highest BCUT2D eigenvalue weighted by Gasteiger charge is 2.05. The van der Waals surface area contributed by atoms with Gasteiger partial charge in [0.15, 0.2) is 0 Å². The van der Waals surface area contributed by atoms with E-state index in [1.807, 2.05) is 31.2 Å². The topological polar surface area (TPSA) is 58.2 Å². The molecule has 2 N–H and O–H groups in total. The van der Waals surface area contributed by atoms with E-state index in [9.17, 15) is 9.59 Å². The van der Waals surface area contributed by atoms with Crippen LogP contribution in [0, 0.1) is 0 Å². The van der Waals surface area contributed by atoms with E-state index in [4.69, 9.17) is 11.6 Å². The van der Waals surface area contributed by atoms with Gasteiger partial charge in [-0.2, -0.15) is 0 Å².